The molecule has 146 valence electrons. The molecule has 7 nitrogen and oxygen atoms in total. The van der Waals surface area contributed by atoms with Gasteiger partial charge in [-0.05, 0) is 50.0 Å². The van der Waals surface area contributed by atoms with Crippen molar-refractivity contribution in [3.05, 3.63) is 77.0 Å². The minimum atomic E-state index is -0.247. The first-order valence-corrected chi connectivity index (χ1v) is 9.33. The number of hydrogen-bond donors (Lipinski definition) is 1. The number of nitrogens with zero attached hydrogens (tertiary/aromatic N) is 4. The summed E-state index contributed by atoms with van der Waals surface area (Å²) in [5.74, 6) is -0.247. The normalized spacial score (nSPS) is 11.3. The van der Waals surface area contributed by atoms with Crippen LogP contribution in [0.1, 0.15) is 10.4 Å². The second-order valence-corrected chi connectivity index (χ2v) is 7.07. The first-order chi connectivity index (χ1) is 14.0. The highest BCUT2D eigenvalue weighted by Gasteiger charge is 2.14. The zero-order valence-electron chi connectivity index (χ0n) is 16.3. The molecule has 4 rings (SSSR count). The Morgan fingerprint density at radius 1 is 1.14 bits per heavy atom. The van der Waals surface area contributed by atoms with Crippen molar-refractivity contribution in [3.63, 3.8) is 0 Å². The second-order valence-electron chi connectivity index (χ2n) is 7.07. The zero-order valence-corrected chi connectivity index (χ0v) is 16.3. The summed E-state index contributed by atoms with van der Waals surface area (Å²) in [6.07, 6.45) is 5.10. The average Bonchev–Trinajstić information content (AvgIpc) is 2.73. The van der Waals surface area contributed by atoms with Crippen molar-refractivity contribution >= 4 is 22.5 Å². The van der Waals surface area contributed by atoms with E-state index in [1.807, 2.05) is 43.3 Å². The Bertz CT molecular complexity index is 1250. The van der Waals surface area contributed by atoms with Gasteiger partial charge in [0.1, 0.15) is 0 Å². The molecule has 1 N–H and O–H groups in total. The fourth-order valence-electron chi connectivity index (χ4n) is 3.21. The van der Waals surface area contributed by atoms with E-state index in [9.17, 15) is 9.59 Å². The molecule has 0 aliphatic rings. The molecule has 3 heterocycles. The van der Waals surface area contributed by atoms with Crippen molar-refractivity contribution in [1.82, 2.24) is 24.6 Å². The number of amides is 1. The molecule has 1 amide bonds. The maximum absolute atomic E-state index is 13.1. The van der Waals surface area contributed by atoms with Crippen molar-refractivity contribution in [3.8, 4) is 11.1 Å². The molecule has 0 fully saturated rings. The lowest BCUT2D eigenvalue weighted by Crippen LogP contribution is -2.32. The summed E-state index contributed by atoms with van der Waals surface area (Å²) < 4.78 is 1.43. The minimum Gasteiger partial charge on any atom is -0.351 e. The lowest BCUT2D eigenvalue weighted by Gasteiger charge is -2.12. The number of rotatable bonds is 5. The molecule has 0 aliphatic heterocycles. The van der Waals surface area contributed by atoms with E-state index in [-0.39, 0.29) is 11.5 Å². The Labute approximate surface area is 167 Å². The van der Waals surface area contributed by atoms with E-state index in [2.05, 4.69) is 15.3 Å². The summed E-state index contributed by atoms with van der Waals surface area (Å²) in [5, 5.41) is 3.37. The molecule has 0 saturated carbocycles. The van der Waals surface area contributed by atoms with E-state index >= 15 is 0 Å². The third-order valence-electron chi connectivity index (χ3n) is 4.72. The number of nitrogens with one attached hydrogen (secondary N) is 1. The van der Waals surface area contributed by atoms with Crippen LogP contribution in [-0.2, 0) is 0 Å². The van der Waals surface area contributed by atoms with Crippen LogP contribution in [0.4, 0.5) is 0 Å². The first-order valence-electron chi connectivity index (χ1n) is 9.33. The molecule has 4 aromatic rings. The smallest absolute Gasteiger partial charge is 0.265 e. The van der Waals surface area contributed by atoms with Gasteiger partial charge in [0.25, 0.3) is 11.5 Å². The predicted molar refractivity (Wildman–Crippen MR) is 113 cm³/mol. The van der Waals surface area contributed by atoms with E-state index in [1.54, 1.807) is 36.8 Å². The van der Waals surface area contributed by atoms with Crippen LogP contribution in [0.5, 0.6) is 0 Å². The van der Waals surface area contributed by atoms with Crippen LogP contribution in [-0.4, -0.2) is 52.4 Å². The fraction of sp³-hybridized carbons (Fsp3) is 0.182. The molecule has 7 heteroatoms. The number of likely N-dealkylation sites (N-methyl/N-ethyl adjacent to an activating group) is 1. The van der Waals surface area contributed by atoms with E-state index in [4.69, 9.17) is 0 Å². The Morgan fingerprint density at radius 3 is 2.76 bits per heavy atom. The number of pyridine rings is 2. The quantitative estimate of drug-likeness (QED) is 0.531. The molecule has 3 aromatic heterocycles. The van der Waals surface area contributed by atoms with Gasteiger partial charge in [-0.3, -0.25) is 19.0 Å². The van der Waals surface area contributed by atoms with Crippen molar-refractivity contribution in [1.29, 1.82) is 0 Å². The molecule has 0 saturated heterocycles. The largest absolute Gasteiger partial charge is 0.351 e. The number of carbonyl (C=O) groups is 1. The second kappa shape index (κ2) is 7.81. The van der Waals surface area contributed by atoms with E-state index in [1.165, 1.54) is 4.40 Å². The highest BCUT2D eigenvalue weighted by molar-refractivity contribution is 6.00. The molecule has 0 radical (unpaired) electrons. The molecule has 0 aliphatic carbocycles. The number of carbonyl (C=O) groups excluding carboxylic acids is 1. The van der Waals surface area contributed by atoms with E-state index in [0.29, 0.717) is 28.7 Å². The summed E-state index contributed by atoms with van der Waals surface area (Å²) in [6, 6.07) is 12.7. The van der Waals surface area contributed by atoms with Gasteiger partial charge >= 0.3 is 0 Å². The summed E-state index contributed by atoms with van der Waals surface area (Å²) in [6.45, 7) is 1.24. The van der Waals surface area contributed by atoms with Gasteiger partial charge in [-0.2, -0.15) is 0 Å². The number of hydrogen-bond acceptors (Lipinski definition) is 5. The third-order valence-corrected chi connectivity index (χ3v) is 4.72. The van der Waals surface area contributed by atoms with E-state index < -0.39 is 0 Å². The molecule has 0 unspecified atom stereocenters. The topological polar surface area (TPSA) is 79.6 Å². The summed E-state index contributed by atoms with van der Waals surface area (Å²) >= 11 is 0. The van der Waals surface area contributed by atoms with Crippen molar-refractivity contribution < 1.29 is 4.79 Å². The Kier molecular flexibility index (Phi) is 5.05. The van der Waals surface area contributed by atoms with Gasteiger partial charge in [0.05, 0.1) is 16.5 Å². The highest BCUT2D eigenvalue weighted by atomic mass is 16.2. The van der Waals surface area contributed by atoms with Crippen LogP contribution in [0.25, 0.3) is 27.7 Å². The molecule has 0 atom stereocenters. The van der Waals surface area contributed by atoms with Gasteiger partial charge in [-0.15, -0.1) is 0 Å². The van der Waals surface area contributed by atoms with Crippen LogP contribution < -0.4 is 10.9 Å². The van der Waals surface area contributed by atoms with Gasteiger partial charge in [-0.25, -0.2) is 4.98 Å². The standard InChI is InChI=1S/C22H21N5O2/c1-26(2)12-10-24-21(28)17-6-4-11-27-20(17)25-19-8-7-15(13-18(19)22(27)29)16-5-3-9-23-14-16/h3-9,11,13-14H,10,12H2,1-2H3,(H,24,28). The SMILES string of the molecule is CN(C)CCNC(=O)c1cccn2c(=O)c3cc(-c4cccnc4)ccc3nc12. The molecule has 1 aromatic carbocycles. The number of benzene rings is 1. The third kappa shape index (κ3) is 3.72. The van der Waals surface area contributed by atoms with E-state index in [0.717, 1.165) is 17.7 Å². The molecule has 0 spiro atoms. The number of aromatic nitrogens is 3. The van der Waals surface area contributed by atoms with Crippen molar-refractivity contribution in [2.24, 2.45) is 0 Å². The fourth-order valence-corrected chi connectivity index (χ4v) is 3.21. The number of fused-ring (bicyclic) bond motifs is 2. The van der Waals surface area contributed by atoms with Gasteiger partial charge < -0.3 is 10.2 Å². The molecule has 29 heavy (non-hydrogen) atoms. The summed E-state index contributed by atoms with van der Waals surface area (Å²) in [4.78, 5) is 36.5. The van der Waals surface area contributed by atoms with Crippen LogP contribution in [0, 0.1) is 0 Å². The van der Waals surface area contributed by atoms with Gasteiger partial charge in [0.15, 0.2) is 5.65 Å². The lowest BCUT2D eigenvalue weighted by molar-refractivity contribution is 0.0952. The maximum Gasteiger partial charge on any atom is 0.265 e. The van der Waals surface area contributed by atoms with Crippen LogP contribution in [0.15, 0.2) is 65.8 Å². The maximum atomic E-state index is 13.1. The Balaban J connectivity index is 1.80. The molecular weight excluding hydrogens is 366 g/mol. The van der Waals surface area contributed by atoms with Crippen LogP contribution >= 0.6 is 0 Å². The highest BCUT2D eigenvalue weighted by Crippen LogP contribution is 2.22. The van der Waals surface area contributed by atoms with Gasteiger partial charge in [0.2, 0.25) is 0 Å². The lowest BCUT2D eigenvalue weighted by atomic mass is 10.1. The minimum absolute atomic E-state index is 0.210. The Morgan fingerprint density at radius 2 is 2.00 bits per heavy atom. The van der Waals surface area contributed by atoms with Crippen molar-refractivity contribution in [2.75, 3.05) is 27.2 Å². The molecule has 0 bridgehead atoms. The average molecular weight is 387 g/mol. The predicted octanol–water partition coefficient (Wildman–Crippen LogP) is 2.20. The van der Waals surface area contributed by atoms with Crippen LogP contribution in [0.3, 0.4) is 0 Å². The first kappa shape index (κ1) is 18.8. The summed E-state index contributed by atoms with van der Waals surface area (Å²) in [5.41, 5.74) is 2.88. The molecular formula is C22H21N5O2. The Hall–Kier alpha value is -3.58. The zero-order chi connectivity index (χ0) is 20.4. The van der Waals surface area contributed by atoms with Gasteiger partial charge in [0, 0.05) is 37.2 Å². The van der Waals surface area contributed by atoms with Crippen molar-refractivity contribution in [2.45, 2.75) is 0 Å². The monoisotopic (exact) mass is 387 g/mol. The van der Waals surface area contributed by atoms with Crippen LogP contribution in [0.2, 0.25) is 0 Å². The summed E-state index contributed by atoms with van der Waals surface area (Å²) in [7, 11) is 3.88. The van der Waals surface area contributed by atoms with Gasteiger partial charge in [-0.1, -0.05) is 12.1 Å².